The van der Waals surface area contributed by atoms with Gasteiger partial charge in [-0.05, 0) is 31.9 Å². The molecule has 0 radical (unpaired) electrons. The van der Waals surface area contributed by atoms with E-state index in [0.717, 1.165) is 5.56 Å². The van der Waals surface area contributed by atoms with Gasteiger partial charge in [-0.3, -0.25) is 4.79 Å². The lowest BCUT2D eigenvalue weighted by Gasteiger charge is -2.10. The first-order valence-electron chi connectivity index (χ1n) is 6.61. The lowest BCUT2D eigenvalue weighted by atomic mass is 10.2. The number of hydrogen-bond acceptors (Lipinski definition) is 4. The Kier molecular flexibility index (Phi) is 3.01. The Hall–Kier alpha value is -2.63. The number of nitrogens with one attached hydrogen (secondary N) is 1. The van der Waals surface area contributed by atoms with E-state index >= 15 is 0 Å². The van der Waals surface area contributed by atoms with Crippen molar-refractivity contribution in [2.45, 2.75) is 25.3 Å². The summed E-state index contributed by atoms with van der Waals surface area (Å²) < 4.78 is 5.50. The molecule has 1 aromatic heterocycles. The van der Waals surface area contributed by atoms with Crippen LogP contribution in [0.3, 0.4) is 0 Å². The molecule has 1 aromatic carbocycles. The second kappa shape index (κ2) is 4.73. The molecule has 0 saturated heterocycles. The molecular weight excluding hydrogens is 272 g/mol. The van der Waals surface area contributed by atoms with Gasteiger partial charge in [0.2, 0.25) is 5.89 Å². The highest BCUT2D eigenvalue weighted by atomic mass is 16.4. The molecule has 1 heterocycles. The van der Waals surface area contributed by atoms with Gasteiger partial charge < -0.3 is 14.8 Å². The number of oxazole rings is 1. The van der Waals surface area contributed by atoms with Gasteiger partial charge in [0.05, 0.1) is 0 Å². The van der Waals surface area contributed by atoms with Crippen LogP contribution in [-0.4, -0.2) is 27.5 Å². The van der Waals surface area contributed by atoms with Crippen LogP contribution in [0.5, 0.6) is 0 Å². The summed E-state index contributed by atoms with van der Waals surface area (Å²) in [6.07, 6.45) is 0.882. The number of carboxylic acid groups (broad SMARTS) is 1. The van der Waals surface area contributed by atoms with E-state index < -0.39 is 17.4 Å². The fourth-order valence-electron chi connectivity index (χ4n) is 2.11. The van der Waals surface area contributed by atoms with E-state index in [4.69, 9.17) is 9.52 Å². The first-order valence-corrected chi connectivity index (χ1v) is 6.61. The second-order valence-electron chi connectivity index (χ2n) is 5.13. The summed E-state index contributed by atoms with van der Waals surface area (Å²) in [5.41, 5.74) is -0.240. The van der Waals surface area contributed by atoms with E-state index in [2.05, 4.69) is 10.3 Å². The van der Waals surface area contributed by atoms with Gasteiger partial charge in [-0.1, -0.05) is 18.2 Å². The summed E-state index contributed by atoms with van der Waals surface area (Å²) in [6.45, 7) is 1.63. The van der Waals surface area contributed by atoms with Crippen molar-refractivity contribution < 1.29 is 19.1 Å². The fraction of sp³-hybridized carbons (Fsp3) is 0.267. The fourth-order valence-corrected chi connectivity index (χ4v) is 2.11. The van der Waals surface area contributed by atoms with E-state index in [9.17, 15) is 9.59 Å². The van der Waals surface area contributed by atoms with Gasteiger partial charge in [0, 0.05) is 5.56 Å². The van der Waals surface area contributed by atoms with Crippen LogP contribution in [0.1, 0.15) is 29.1 Å². The minimum atomic E-state index is -1.13. The van der Waals surface area contributed by atoms with E-state index in [-0.39, 0.29) is 5.69 Å². The lowest BCUT2D eigenvalue weighted by Crippen LogP contribution is -2.43. The maximum absolute atomic E-state index is 12.2. The van der Waals surface area contributed by atoms with Crippen LogP contribution in [0, 0.1) is 6.92 Å². The van der Waals surface area contributed by atoms with E-state index in [0.29, 0.717) is 24.5 Å². The summed E-state index contributed by atoms with van der Waals surface area (Å²) in [4.78, 5) is 27.5. The third-order valence-corrected chi connectivity index (χ3v) is 3.54. The zero-order chi connectivity index (χ0) is 15.0. The topological polar surface area (TPSA) is 92.4 Å². The Morgan fingerprint density at radius 2 is 1.95 bits per heavy atom. The predicted octanol–water partition coefficient (Wildman–Crippen LogP) is 2.00. The SMILES string of the molecule is Cc1oc(-c2ccccc2)nc1C(=O)NC1(C(=O)O)CC1. The molecule has 21 heavy (non-hydrogen) atoms. The molecule has 3 rings (SSSR count). The molecule has 6 heteroatoms. The molecule has 0 spiro atoms. The van der Waals surface area contributed by atoms with Gasteiger partial charge in [-0.25, -0.2) is 9.78 Å². The number of amides is 1. The smallest absolute Gasteiger partial charge is 0.329 e. The Bertz CT molecular complexity index is 702. The first-order chi connectivity index (χ1) is 10.0. The Morgan fingerprint density at radius 1 is 1.29 bits per heavy atom. The summed E-state index contributed by atoms with van der Waals surface area (Å²) in [6, 6.07) is 9.21. The highest BCUT2D eigenvalue weighted by molar-refractivity contribution is 5.98. The number of aryl methyl sites for hydroxylation is 1. The van der Waals surface area contributed by atoms with Gasteiger partial charge >= 0.3 is 5.97 Å². The van der Waals surface area contributed by atoms with Crippen molar-refractivity contribution in [3.63, 3.8) is 0 Å². The largest absolute Gasteiger partial charge is 0.480 e. The van der Waals surface area contributed by atoms with Crippen LogP contribution in [0.4, 0.5) is 0 Å². The molecule has 6 nitrogen and oxygen atoms in total. The quantitative estimate of drug-likeness (QED) is 0.896. The Labute approximate surface area is 120 Å². The van der Waals surface area contributed by atoms with E-state index in [1.54, 1.807) is 6.92 Å². The number of carbonyl (C=O) groups is 2. The van der Waals surface area contributed by atoms with Crippen molar-refractivity contribution in [2.24, 2.45) is 0 Å². The number of rotatable bonds is 4. The van der Waals surface area contributed by atoms with Crippen LogP contribution >= 0.6 is 0 Å². The van der Waals surface area contributed by atoms with Crippen molar-refractivity contribution in [3.05, 3.63) is 41.8 Å². The predicted molar refractivity (Wildman–Crippen MR) is 73.7 cm³/mol. The molecule has 2 N–H and O–H groups in total. The number of aliphatic carboxylic acids is 1. The molecule has 0 aliphatic heterocycles. The lowest BCUT2D eigenvalue weighted by molar-refractivity contribution is -0.140. The van der Waals surface area contributed by atoms with Gasteiger partial charge in [-0.15, -0.1) is 0 Å². The number of benzene rings is 1. The number of nitrogens with zero attached hydrogens (tertiary/aromatic N) is 1. The molecular formula is C15H14N2O4. The molecule has 0 bridgehead atoms. The highest BCUT2D eigenvalue weighted by Crippen LogP contribution is 2.36. The number of carbonyl (C=O) groups excluding carboxylic acids is 1. The van der Waals surface area contributed by atoms with Gasteiger partial charge in [-0.2, -0.15) is 0 Å². The zero-order valence-electron chi connectivity index (χ0n) is 11.4. The van der Waals surface area contributed by atoms with Crippen molar-refractivity contribution in [1.82, 2.24) is 10.3 Å². The van der Waals surface area contributed by atoms with Crippen molar-refractivity contribution in [1.29, 1.82) is 0 Å². The summed E-state index contributed by atoms with van der Waals surface area (Å²) >= 11 is 0. The molecule has 0 atom stereocenters. The molecule has 1 fully saturated rings. The molecule has 1 aliphatic carbocycles. The minimum Gasteiger partial charge on any atom is -0.480 e. The summed E-state index contributed by atoms with van der Waals surface area (Å²) in [5, 5.41) is 11.6. The molecule has 1 aliphatic rings. The Morgan fingerprint density at radius 3 is 2.52 bits per heavy atom. The van der Waals surface area contributed by atoms with Crippen LogP contribution in [0.25, 0.3) is 11.5 Å². The zero-order valence-corrected chi connectivity index (χ0v) is 11.4. The average Bonchev–Trinajstić information content (AvgIpc) is 3.15. The van der Waals surface area contributed by atoms with Crippen LogP contribution in [0.2, 0.25) is 0 Å². The van der Waals surface area contributed by atoms with Gasteiger partial charge in [0.25, 0.3) is 5.91 Å². The third kappa shape index (κ3) is 2.40. The molecule has 2 aromatic rings. The molecule has 1 amide bonds. The van der Waals surface area contributed by atoms with Crippen molar-refractivity contribution >= 4 is 11.9 Å². The number of carboxylic acids is 1. The van der Waals surface area contributed by atoms with Crippen LogP contribution in [0.15, 0.2) is 34.7 Å². The number of aromatic nitrogens is 1. The molecule has 1 saturated carbocycles. The first kappa shape index (κ1) is 13.4. The maximum Gasteiger partial charge on any atom is 0.329 e. The Balaban J connectivity index is 1.85. The number of hydrogen-bond donors (Lipinski definition) is 2. The van der Waals surface area contributed by atoms with E-state index in [1.807, 2.05) is 30.3 Å². The normalized spacial score (nSPS) is 15.5. The average molecular weight is 286 g/mol. The van der Waals surface area contributed by atoms with Crippen molar-refractivity contribution in [3.8, 4) is 11.5 Å². The highest BCUT2D eigenvalue weighted by Gasteiger charge is 2.52. The summed E-state index contributed by atoms with van der Waals surface area (Å²) in [7, 11) is 0. The van der Waals surface area contributed by atoms with Crippen molar-refractivity contribution in [2.75, 3.05) is 0 Å². The second-order valence-corrected chi connectivity index (χ2v) is 5.13. The minimum absolute atomic E-state index is 0.126. The van der Waals surface area contributed by atoms with Crippen LogP contribution in [-0.2, 0) is 4.79 Å². The standard InChI is InChI=1S/C15H14N2O4/c1-9-11(12(18)17-15(7-8-15)14(19)20)16-13(21-9)10-5-3-2-4-6-10/h2-6H,7-8H2,1H3,(H,17,18)(H,19,20). The summed E-state index contributed by atoms with van der Waals surface area (Å²) in [5.74, 6) is -0.815. The molecule has 108 valence electrons. The maximum atomic E-state index is 12.2. The monoisotopic (exact) mass is 286 g/mol. The van der Waals surface area contributed by atoms with E-state index in [1.165, 1.54) is 0 Å². The molecule has 0 unspecified atom stereocenters. The van der Waals surface area contributed by atoms with Gasteiger partial charge in [0.15, 0.2) is 5.69 Å². The van der Waals surface area contributed by atoms with Crippen LogP contribution < -0.4 is 5.32 Å². The van der Waals surface area contributed by atoms with Gasteiger partial charge in [0.1, 0.15) is 11.3 Å². The third-order valence-electron chi connectivity index (χ3n) is 3.54.